The number of hydrogen-bond donors (Lipinski definition) is 2. The zero-order valence-electron chi connectivity index (χ0n) is 19.3. The first kappa shape index (κ1) is 23.5. The molecule has 2 heterocycles. The first-order chi connectivity index (χ1) is 14.8. The summed E-state index contributed by atoms with van der Waals surface area (Å²) in [5.41, 5.74) is 3.21. The molecule has 0 amide bonds. The highest BCUT2D eigenvalue weighted by atomic mass is 32.2. The Morgan fingerprint density at radius 2 is 1.90 bits per heavy atom. The number of sulfone groups is 1. The SMILES string of the molecule is C/C=C\C=C/C(C)S(=O)(=O)c1c(NC)nn2c(C)c(CNC3CCCCC3)c(C)nc12. The van der Waals surface area contributed by atoms with Crippen molar-refractivity contribution in [3.63, 3.8) is 0 Å². The van der Waals surface area contributed by atoms with Gasteiger partial charge in [-0.15, -0.1) is 5.10 Å². The quantitative estimate of drug-likeness (QED) is 0.595. The van der Waals surface area contributed by atoms with Crippen LogP contribution in [-0.2, 0) is 16.4 Å². The summed E-state index contributed by atoms with van der Waals surface area (Å²) in [6.07, 6.45) is 13.4. The number of allylic oxidation sites excluding steroid dienone is 3. The monoisotopic (exact) mass is 445 g/mol. The predicted octanol–water partition coefficient (Wildman–Crippen LogP) is 4.10. The maximum atomic E-state index is 13.4. The van der Waals surface area contributed by atoms with E-state index in [1.807, 2.05) is 32.9 Å². The maximum Gasteiger partial charge on any atom is 0.191 e. The molecule has 2 aromatic rings. The second-order valence-corrected chi connectivity index (χ2v) is 10.5. The number of nitrogens with one attached hydrogen (secondary N) is 2. The smallest absolute Gasteiger partial charge is 0.191 e. The van der Waals surface area contributed by atoms with Crippen molar-refractivity contribution in [2.75, 3.05) is 12.4 Å². The number of aromatic nitrogens is 3. The van der Waals surface area contributed by atoms with Crippen molar-refractivity contribution in [3.05, 3.63) is 41.3 Å². The van der Waals surface area contributed by atoms with Crippen molar-refractivity contribution in [3.8, 4) is 0 Å². The number of aryl methyl sites for hydroxylation is 2. The van der Waals surface area contributed by atoms with E-state index in [4.69, 9.17) is 4.98 Å². The minimum Gasteiger partial charge on any atom is -0.371 e. The van der Waals surface area contributed by atoms with E-state index in [1.54, 1.807) is 30.6 Å². The van der Waals surface area contributed by atoms with Gasteiger partial charge in [-0.2, -0.15) is 0 Å². The molecule has 1 fully saturated rings. The highest BCUT2D eigenvalue weighted by Crippen LogP contribution is 2.30. The zero-order chi connectivity index (χ0) is 22.6. The van der Waals surface area contributed by atoms with Crippen molar-refractivity contribution in [1.82, 2.24) is 19.9 Å². The molecule has 2 N–H and O–H groups in total. The topological polar surface area (TPSA) is 88.4 Å². The summed E-state index contributed by atoms with van der Waals surface area (Å²) >= 11 is 0. The van der Waals surface area contributed by atoms with Crippen LogP contribution < -0.4 is 10.6 Å². The molecular formula is C23H35N5O2S. The third kappa shape index (κ3) is 4.85. The molecule has 7 nitrogen and oxygen atoms in total. The molecule has 1 saturated carbocycles. The molecule has 3 rings (SSSR count). The Labute approximate surface area is 186 Å². The molecule has 8 heteroatoms. The lowest BCUT2D eigenvalue weighted by Gasteiger charge is -2.23. The van der Waals surface area contributed by atoms with Gasteiger partial charge in [-0.1, -0.05) is 43.6 Å². The van der Waals surface area contributed by atoms with Crippen molar-refractivity contribution in [1.29, 1.82) is 0 Å². The van der Waals surface area contributed by atoms with Crippen molar-refractivity contribution in [2.24, 2.45) is 0 Å². The molecule has 0 bridgehead atoms. The van der Waals surface area contributed by atoms with E-state index in [1.165, 1.54) is 32.1 Å². The Hall–Kier alpha value is -2.19. The van der Waals surface area contributed by atoms with Gasteiger partial charge in [0, 0.05) is 36.6 Å². The van der Waals surface area contributed by atoms with Gasteiger partial charge in [0.05, 0.1) is 5.25 Å². The van der Waals surface area contributed by atoms with Crippen LogP contribution in [0.4, 0.5) is 5.82 Å². The number of rotatable bonds is 8. The lowest BCUT2D eigenvalue weighted by atomic mass is 9.95. The Morgan fingerprint density at radius 3 is 2.55 bits per heavy atom. The van der Waals surface area contributed by atoms with Crippen LogP contribution in [0.2, 0.25) is 0 Å². The molecule has 31 heavy (non-hydrogen) atoms. The maximum absolute atomic E-state index is 13.4. The van der Waals surface area contributed by atoms with Gasteiger partial charge in [-0.3, -0.25) is 0 Å². The predicted molar refractivity (Wildman–Crippen MR) is 126 cm³/mol. The summed E-state index contributed by atoms with van der Waals surface area (Å²) in [6.45, 7) is 8.22. The summed E-state index contributed by atoms with van der Waals surface area (Å²) in [6, 6.07) is 0.537. The standard InChI is InChI=1S/C23H35N5O2S/c1-6-7-9-12-16(2)31(29,30)21-22(24-5)27-28-18(4)20(17(3)26-23(21)28)15-25-19-13-10-8-11-14-19/h6-7,9,12,16,19,25H,8,10-11,13-15H2,1-5H3,(H,24,27)/b7-6-,12-9-. The first-order valence-corrected chi connectivity index (χ1v) is 12.7. The second-order valence-electron chi connectivity index (χ2n) is 8.30. The van der Waals surface area contributed by atoms with E-state index >= 15 is 0 Å². The zero-order valence-corrected chi connectivity index (χ0v) is 20.1. The average molecular weight is 446 g/mol. The van der Waals surface area contributed by atoms with E-state index in [0.29, 0.717) is 24.1 Å². The molecule has 0 aliphatic heterocycles. The highest BCUT2D eigenvalue weighted by molar-refractivity contribution is 7.92. The third-order valence-corrected chi connectivity index (χ3v) is 8.23. The molecular weight excluding hydrogens is 410 g/mol. The normalized spacial score (nSPS) is 17.2. The van der Waals surface area contributed by atoms with Crippen LogP contribution in [-0.4, -0.2) is 41.4 Å². The van der Waals surface area contributed by atoms with Gasteiger partial charge in [0.2, 0.25) is 0 Å². The largest absolute Gasteiger partial charge is 0.371 e. The Balaban J connectivity index is 2.02. The lowest BCUT2D eigenvalue weighted by Crippen LogP contribution is -2.31. The Kier molecular flexibility index (Phi) is 7.54. The number of anilines is 1. The lowest BCUT2D eigenvalue weighted by molar-refractivity contribution is 0.371. The number of nitrogens with zero attached hydrogens (tertiary/aromatic N) is 3. The number of fused-ring (bicyclic) bond motifs is 1. The average Bonchev–Trinajstić information content (AvgIpc) is 3.13. The fraction of sp³-hybridized carbons (Fsp3) is 0.565. The fourth-order valence-corrected chi connectivity index (χ4v) is 5.67. The second kappa shape index (κ2) is 9.96. The van der Waals surface area contributed by atoms with Gasteiger partial charge in [0.15, 0.2) is 26.2 Å². The fourth-order valence-electron chi connectivity index (χ4n) is 4.20. The van der Waals surface area contributed by atoms with Crippen LogP contribution in [0, 0.1) is 13.8 Å². The van der Waals surface area contributed by atoms with Gasteiger partial charge in [-0.05, 0) is 40.5 Å². The Bertz CT molecular complexity index is 1080. The molecule has 2 aromatic heterocycles. The Morgan fingerprint density at radius 1 is 1.19 bits per heavy atom. The molecule has 1 unspecified atom stereocenters. The van der Waals surface area contributed by atoms with E-state index in [-0.39, 0.29) is 4.90 Å². The minimum atomic E-state index is -3.67. The van der Waals surface area contributed by atoms with Gasteiger partial charge < -0.3 is 10.6 Å². The summed E-state index contributed by atoms with van der Waals surface area (Å²) in [7, 11) is -1.98. The summed E-state index contributed by atoms with van der Waals surface area (Å²) in [5, 5.41) is 10.5. The van der Waals surface area contributed by atoms with Crippen molar-refractivity contribution < 1.29 is 8.42 Å². The van der Waals surface area contributed by atoms with E-state index in [2.05, 4.69) is 15.7 Å². The molecule has 0 aromatic carbocycles. The van der Waals surface area contributed by atoms with Crippen LogP contribution in [0.3, 0.4) is 0 Å². The number of hydrogen-bond acceptors (Lipinski definition) is 6. The molecule has 1 aliphatic carbocycles. The van der Waals surface area contributed by atoms with E-state index < -0.39 is 15.1 Å². The van der Waals surface area contributed by atoms with E-state index in [0.717, 1.165) is 17.0 Å². The van der Waals surface area contributed by atoms with Gasteiger partial charge in [0.1, 0.15) is 0 Å². The molecule has 170 valence electrons. The summed E-state index contributed by atoms with van der Waals surface area (Å²) in [4.78, 5) is 4.88. The van der Waals surface area contributed by atoms with Crippen molar-refractivity contribution in [2.45, 2.75) is 82.5 Å². The van der Waals surface area contributed by atoms with Gasteiger partial charge in [-0.25, -0.2) is 17.9 Å². The third-order valence-electron chi connectivity index (χ3n) is 6.15. The van der Waals surface area contributed by atoms with Gasteiger partial charge >= 0.3 is 0 Å². The molecule has 0 spiro atoms. The van der Waals surface area contributed by atoms with Crippen LogP contribution >= 0.6 is 0 Å². The molecule has 0 radical (unpaired) electrons. The minimum absolute atomic E-state index is 0.158. The van der Waals surface area contributed by atoms with Crippen molar-refractivity contribution >= 4 is 21.3 Å². The van der Waals surface area contributed by atoms with Gasteiger partial charge in [0.25, 0.3) is 0 Å². The molecule has 1 atom stereocenters. The first-order valence-electron chi connectivity index (χ1n) is 11.1. The van der Waals surface area contributed by atoms with Crippen LogP contribution in [0.5, 0.6) is 0 Å². The van der Waals surface area contributed by atoms with E-state index in [9.17, 15) is 8.42 Å². The summed E-state index contributed by atoms with van der Waals surface area (Å²) in [5.74, 6) is 0.332. The van der Waals surface area contributed by atoms with Crippen LogP contribution in [0.25, 0.3) is 5.65 Å². The summed E-state index contributed by atoms with van der Waals surface area (Å²) < 4.78 is 28.5. The highest BCUT2D eigenvalue weighted by Gasteiger charge is 2.31. The van der Waals surface area contributed by atoms with Crippen LogP contribution in [0.1, 0.15) is 62.9 Å². The molecule has 1 aliphatic rings. The van der Waals surface area contributed by atoms with Crippen LogP contribution in [0.15, 0.2) is 29.2 Å². The molecule has 0 saturated heterocycles.